The van der Waals surface area contributed by atoms with Gasteiger partial charge in [-0.15, -0.1) is 0 Å². The van der Waals surface area contributed by atoms with Crippen molar-refractivity contribution in [2.45, 2.75) is 38.5 Å². The number of carbonyl (C=O) groups excluding carboxylic acids is 1. The van der Waals surface area contributed by atoms with Crippen LogP contribution in [0.3, 0.4) is 0 Å². The van der Waals surface area contributed by atoms with E-state index in [4.69, 9.17) is 0 Å². The molecule has 0 spiro atoms. The Labute approximate surface area is 131 Å². The molecule has 1 aliphatic heterocycles. The van der Waals surface area contributed by atoms with Crippen molar-refractivity contribution in [3.63, 3.8) is 0 Å². The molecule has 0 radical (unpaired) electrons. The molecule has 0 bridgehead atoms. The first kappa shape index (κ1) is 15.5. The van der Waals surface area contributed by atoms with Crippen molar-refractivity contribution >= 4 is 5.91 Å². The van der Waals surface area contributed by atoms with E-state index in [1.54, 1.807) is 18.2 Å². The molecule has 1 saturated heterocycles. The molecule has 22 heavy (non-hydrogen) atoms. The lowest BCUT2D eigenvalue weighted by atomic mass is 9.76. The lowest BCUT2D eigenvalue weighted by molar-refractivity contribution is -0.135. The fraction of sp³-hybridized carbons (Fsp3) is 0.611. The van der Waals surface area contributed by atoms with Gasteiger partial charge in [-0.1, -0.05) is 31.0 Å². The summed E-state index contributed by atoms with van der Waals surface area (Å²) in [6.07, 6.45) is 5.56. The van der Waals surface area contributed by atoms with Crippen molar-refractivity contribution in [1.29, 1.82) is 0 Å². The number of hydrogen-bond acceptors (Lipinski definition) is 2. The zero-order valence-corrected chi connectivity index (χ0v) is 12.9. The number of carbonyl (C=O) groups is 1. The summed E-state index contributed by atoms with van der Waals surface area (Å²) in [6, 6.07) is 6.45. The number of benzene rings is 1. The van der Waals surface area contributed by atoms with Crippen molar-refractivity contribution in [3.05, 3.63) is 35.6 Å². The highest BCUT2D eigenvalue weighted by Crippen LogP contribution is 2.44. The van der Waals surface area contributed by atoms with E-state index in [1.165, 1.54) is 18.9 Å². The van der Waals surface area contributed by atoms with Gasteiger partial charge in [0.1, 0.15) is 5.82 Å². The van der Waals surface area contributed by atoms with Crippen LogP contribution in [0.1, 0.15) is 37.7 Å². The van der Waals surface area contributed by atoms with E-state index in [0.717, 1.165) is 31.7 Å². The Hall–Kier alpha value is -1.42. The third-order valence-corrected chi connectivity index (χ3v) is 5.07. The van der Waals surface area contributed by atoms with Gasteiger partial charge < -0.3 is 10.0 Å². The number of likely N-dealkylation sites (tertiary alicyclic amines) is 1. The van der Waals surface area contributed by atoms with Gasteiger partial charge in [0.15, 0.2) is 0 Å². The molecular weight excluding hydrogens is 281 g/mol. The number of aliphatic hydroxyl groups is 1. The smallest absolute Gasteiger partial charge is 0.227 e. The summed E-state index contributed by atoms with van der Waals surface area (Å²) in [5.41, 5.74) is 0.319. The van der Waals surface area contributed by atoms with E-state index in [2.05, 4.69) is 0 Å². The number of hydrogen-bond donors (Lipinski definition) is 1. The first-order valence-electron chi connectivity index (χ1n) is 8.24. The van der Waals surface area contributed by atoms with Gasteiger partial charge in [0, 0.05) is 18.5 Å². The van der Waals surface area contributed by atoms with Crippen LogP contribution in [0.25, 0.3) is 0 Å². The number of halogens is 1. The van der Waals surface area contributed by atoms with Crippen LogP contribution in [-0.2, 0) is 11.2 Å². The Morgan fingerprint density at radius 2 is 2.14 bits per heavy atom. The van der Waals surface area contributed by atoms with E-state index < -0.39 is 0 Å². The van der Waals surface area contributed by atoms with Crippen LogP contribution in [0.5, 0.6) is 0 Å². The van der Waals surface area contributed by atoms with Gasteiger partial charge in [0.05, 0.1) is 13.0 Å². The molecule has 3 rings (SSSR count). The second-order valence-electron chi connectivity index (χ2n) is 6.99. The summed E-state index contributed by atoms with van der Waals surface area (Å²) < 4.78 is 13.7. The lowest BCUT2D eigenvalue weighted by Crippen LogP contribution is -2.48. The van der Waals surface area contributed by atoms with Crippen LogP contribution in [0.2, 0.25) is 0 Å². The van der Waals surface area contributed by atoms with E-state index in [9.17, 15) is 14.3 Å². The Kier molecular flexibility index (Phi) is 4.48. The van der Waals surface area contributed by atoms with Crippen molar-refractivity contribution in [2.75, 3.05) is 19.7 Å². The minimum absolute atomic E-state index is 0.0292. The van der Waals surface area contributed by atoms with Gasteiger partial charge in [0.25, 0.3) is 0 Å². The number of amides is 1. The van der Waals surface area contributed by atoms with Crippen LogP contribution in [0, 0.1) is 17.2 Å². The highest BCUT2D eigenvalue weighted by Gasteiger charge is 2.40. The summed E-state index contributed by atoms with van der Waals surface area (Å²) in [5, 5.41) is 9.85. The third-order valence-electron chi connectivity index (χ3n) is 5.07. The van der Waals surface area contributed by atoms with Crippen molar-refractivity contribution < 1.29 is 14.3 Å². The highest BCUT2D eigenvalue weighted by atomic mass is 19.1. The van der Waals surface area contributed by atoms with Gasteiger partial charge in [-0.25, -0.2) is 4.39 Å². The van der Waals surface area contributed by atoms with Gasteiger partial charge in [-0.2, -0.15) is 0 Å². The molecule has 1 amide bonds. The minimum Gasteiger partial charge on any atom is -0.396 e. The maximum Gasteiger partial charge on any atom is 0.227 e. The normalized spacial score (nSPS) is 25.3. The Morgan fingerprint density at radius 3 is 2.82 bits per heavy atom. The zero-order valence-electron chi connectivity index (χ0n) is 12.9. The molecule has 2 fully saturated rings. The second-order valence-corrected chi connectivity index (χ2v) is 6.99. The number of piperidine rings is 1. The first-order chi connectivity index (χ1) is 10.6. The highest BCUT2D eigenvalue weighted by molar-refractivity contribution is 5.79. The van der Waals surface area contributed by atoms with E-state index in [0.29, 0.717) is 12.1 Å². The predicted molar refractivity (Wildman–Crippen MR) is 82.8 cm³/mol. The monoisotopic (exact) mass is 305 g/mol. The van der Waals surface area contributed by atoms with Gasteiger partial charge in [0.2, 0.25) is 5.91 Å². The van der Waals surface area contributed by atoms with Crippen LogP contribution in [0.4, 0.5) is 4.39 Å². The van der Waals surface area contributed by atoms with Gasteiger partial charge >= 0.3 is 0 Å². The fourth-order valence-corrected chi connectivity index (χ4v) is 3.63. The molecule has 1 saturated carbocycles. The molecule has 1 heterocycles. The van der Waals surface area contributed by atoms with Crippen LogP contribution >= 0.6 is 0 Å². The molecule has 1 atom stereocenters. The quantitative estimate of drug-likeness (QED) is 0.909. The topological polar surface area (TPSA) is 40.5 Å². The fourth-order valence-electron chi connectivity index (χ4n) is 3.63. The minimum atomic E-state index is -0.320. The van der Waals surface area contributed by atoms with Gasteiger partial charge in [-0.05, 0) is 36.8 Å². The van der Waals surface area contributed by atoms with Crippen LogP contribution < -0.4 is 0 Å². The zero-order chi connectivity index (χ0) is 15.6. The molecule has 1 aliphatic carbocycles. The SMILES string of the molecule is O=C(Cc1ccccc1F)N1CCC[C@@](CO)(CC2CC2)C1. The standard InChI is InChI=1S/C18H24FNO2/c19-16-5-2-1-4-15(16)10-17(22)20-9-3-8-18(12-20,13-21)11-14-6-7-14/h1-2,4-5,14,21H,3,6-13H2/t18-/m1/s1. The van der Waals surface area contributed by atoms with Crippen molar-refractivity contribution in [2.24, 2.45) is 11.3 Å². The van der Waals surface area contributed by atoms with E-state index in [1.807, 2.05) is 4.90 Å². The van der Waals surface area contributed by atoms with Crippen molar-refractivity contribution in [3.8, 4) is 0 Å². The second kappa shape index (κ2) is 6.37. The van der Waals surface area contributed by atoms with E-state index >= 15 is 0 Å². The predicted octanol–water partition coefficient (Wildman–Crippen LogP) is 2.77. The summed E-state index contributed by atoms with van der Waals surface area (Å²) in [7, 11) is 0. The number of rotatable bonds is 5. The Balaban J connectivity index is 1.65. The maximum absolute atomic E-state index is 13.7. The summed E-state index contributed by atoms with van der Waals surface area (Å²) in [5.74, 6) is 0.381. The van der Waals surface area contributed by atoms with Crippen molar-refractivity contribution in [1.82, 2.24) is 4.90 Å². The lowest BCUT2D eigenvalue weighted by Gasteiger charge is -2.42. The molecule has 0 unspecified atom stereocenters. The molecule has 1 aromatic carbocycles. The number of nitrogens with zero attached hydrogens (tertiary/aromatic N) is 1. The largest absolute Gasteiger partial charge is 0.396 e. The molecule has 2 aliphatic rings. The summed E-state index contributed by atoms with van der Waals surface area (Å²) in [4.78, 5) is 14.3. The third kappa shape index (κ3) is 3.49. The maximum atomic E-state index is 13.7. The van der Waals surface area contributed by atoms with Gasteiger partial charge in [-0.3, -0.25) is 4.79 Å². The molecule has 120 valence electrons. The Bertz CT molecular complexity index is 544. The Morgan fingerprint density at radius 1 is 1.36 bits per heavy atom. The molecule has 0 aromatic heterocycles. The summed E-state index contributed by atoms with van der Waals surface area (Å²) >= 11 is 0. The molecule has 1 N–H and O–H groups in total. The summed E-state index contributed by atoms with van der Waals surface area (Å²) in [6.45, 7) is 1.49. The average molecular weight is 305 g/mol. The number of aliphatic hydroxyl groups excluding tert-OH is 1. The van der Waals surface area contributed by atoms with Crippen LogP contribution in [-0.4, -0.2) is 35.6 Å². The molecule has 4 heteroatoms. The van der Waals surface area contributed by atoms with E-state index in [-0.39, 0.29) is 30.2 Å². The average Bonchev–Trinajstić information content (AvgIpc) is 3.33. The molecule has 3 nitrogen and oxygen atoms in total. The molecule has 1 aromatic rings. The first-order valence-corrected chi connectivity index (χ1v) is 8.24. The molecular formula is C18H24FNO2. The van der Waals surface area contributed by atoms with Crippen LogP contribution in [0.15, 0.2) is 24.3 Å².